The monoisotopic (exact) mass is 276 g/mol. The van der Waals surface area contributed by atoms with Gasteiger partial charge in [0.1, 0.15) is 0 Å². The highest BCUT2D eigenvalue weighted by Crippen LogP contribution is 2.27. The molecule has 7 nitrogen and oxygen atoms in total. The number of nitrogens with one attached hydrogen (secondary N) is 1. The van der Waals surface area contributed by atoms with E-state index in [9.17, 15) is 4.79 Å². The SMILES string of the molecule is COC(=O)CC1COCCN1c1n[nH]c2cnccc12. The number of hydrogen-bond donors (Lipinski definition) is 1. The zero-order valence-corrected chi connectivity index (χ0v) is 11.2. The normalized spacial score (nSPS) is 19.2. The molecular weight excluding hydrogens is 260 g/mol. The Labute approximate surface area is 115 Å². The van der Waals surface area contributed by atoms with Gasteiger partial charge in [0.2, 0.25) is 0 Å². The maximum absolute atomic E-state index is 11.5. The van der Waals surface area contributed by atoms with Crippen molar-refractivity contribution in [1.82, 2.24) is 15.2 Å². The third kappa shape index (κ3) is 2.32. The zero-order chi connectivity index (χ0) is 13.9. The summed E-state index contributed by atoms with van der Waals surface area (Å²) in [5.41, 5.74) is 0.880. The zero-order valence-electron chi connectivity index (χ0n) is 11.2. The van der Waals surface area contributed by atoms with E-state index in [1.54, 1.807) is 12.4 Å². The van der Waals surface area contributed by atoms with Crippen LogP contribution in [0, 0.1) is 0 Å². The van der Waals surface area contributed by atoms with Gasteiger partial charge in [-0.25, -0.2) is 0 Å². The molecule has 1 unspecified atom stereocenters. The number of morpholine rings is 1. The van der Waals surface area contributed by atoms with Gasteiger partial charge in [-0.15, -0.1) is 0 Å². The molecule has 0 radical (unpaired) electrons. The first-order valence-electron chi connectivity index (χ1n) is 6.49. The van der Waals surface area contributed by atoms with Crippen molar-refractivity contribution in [2.24, 2.45) is 0 Å². The fraction of sp³-hybridized carbons (Fsp3) is 0.462. The van der Waals surface area contributed by atoms with Crippen LogP contribution in [0.15, 0.2) is 18.5 Å². The molecule has 0 bridgehead atoms. The Morgan fingerprint density at radius 3 is 3.40 bits per heavy atom. The predicted octanol–water partition coefficient (Wildman–Crippen LogP) is 0.726. The molecule has 3 rings (SSSR count). The molecule has 3 heterocycles. The molecule has 7 heteroatoms. The highest BCUT2D eigenvalue weighted by atomic mass is 16.5. The van der Waals surface area contributed by atoms with Gasteiger partial charge in [0.15, 0.2) is 5.82 Å². The van der Waals surface area contributed by atoms with Gasteiger partial charge in [0, 0.05) is 18.1 Å². The molecule has 0 amide bonds. The standard InChI is InChI=1S/C13H16N4O3/c1-19-12(18)6-9-8-20-5-4-17(9)13-10-2-3-14-7-11(10)15-16-13/h2-3,7,9H,4-6,8H2,1H3,(H,15,16). The van der Waals surface area contributed by atoms with E-state index in [4.69, 9.17) is 9.47 Å². The van der Waals surface area contributed by atoms with E-state index in [2.05, 4.69) is 20.1 Å². The van der Waals surface area contributed by atoms with Crippen molar-refractivity contribution in [1.29, 1.82) is 0 Å². The predicted molar refractivity (Wildman–Crippen MR) is 72.5 cm³/mol. The number of esters is 1. The number of nitrogens with zero attached hydrogens (tertiary/aromatic N) is 3. The average molecular weight is 276 g/mol. The number of pyridine rings is 1. The van der Waals surface area contributed by atoms with Crippen LogP contribution in [0.3, 0.4) is 0 Å². The van der Waals surface area contributed by atoms with Gasteiger partial charge < -0.3 is 14.4 Å². The lowest BCUT2D eigenvalue weighted by molar-refractivity contribution is -0.141. The van der Waals surface area contributed by atoms with Crippen LogP contribution in [0.25, 0.3) is 10.9 Å². The molecular formula is C13H16N4O3. The minimum Gasteiger partial charge on any atom is -0.469 e. The first-order valence-corrected chi connectivity index (χ1v) is 6.49. The number of rotatable bonds is 3. The van der Waals surface area contributed by atoms with Gasteiger partial charge in [-0.1, -0.05) is 0 Å². The van der Waals surface area contributed by atoms with Crippen molar-refractivity contribution < 1.29 is 14.3 Å². The van der Waals surface area contributed by atoms with E-state index in [1.807, 2.05) is 6.07 Å². The minimum absolute atomic E-state index is 0.0594. The van der Waals surface area contributed by atoms with Gasteiger partial charge in [-0.2, -0.15) is 5.10 Å². The van der Waals surface area contributed by atoms with Gasteiger partial charge in [0.25, 0.3) is 0 Å². The maximum Gasteiger partial charge on any atom is 0.307 e. The van der Waals surface area contributed by atoms with Gasteiger partial charge in [-0.3, -0.25) is 14.9 Å². The Bertz CT molecular complexity index is 612. The van der Waals surface area contributed by atoms with Gasteiger partial charge in [-0.05, 0) is 6.07 Å². The number of anilines is 1. The maximum atomic E-state index is 11.5. The Balaban J connectivity index is 1.91. The number of aromatic amines is 1. The van der Waals surface area contributed by atoms with E-state index in [1.165, 1.54) is 7.11 Å². The summed E-state index contributed by atoms with van der Waals surface area (Å²) in [4.78, 5) is 17.7. The summed E-state index contributed by atoms with van der Waals surface area (Å²) in [6.45, 7) is 1.82. The van der Waals surface area contributed by atoms with Crippen LogP contribution in [0.5, 0.6) is 0 Å². The van der Waals surface area contributed by atoms with Crippen molar-refractivity contribution in [3.63, 3.8) is 0 Å². The second-order valence-corrected chi connectivity index (χ2v) is 4.67. The average Bonchev–Trinajstić information content (AvgIpc) is 2.91. The van der Waals surface area contributed by atoms with Crippen molar-refractivity contribution in [2.45, 2.75) is 12.5 Å². The van der Waals surface area contributed by atoms with Crippen molar-refractivity contribution in [2.75, 3.05) is 31.8 Å². The summed E-state index contributed by atoms with van der Waals surface area (Å²) in [6.07, 6.45) is 3.76. The molecule has 2 aromatic heterocycles. The van der Waals surface area contributed by atoms with Crippen LogP contribution in [-0.4, -0.2) is 54.1 Å². The summed E-state index contributed by atoms with van der Waals surface area (Å²) >= 11 is 0. The Morgan fingerprint density at radius 2 is 2.55 bits per heavy atom. The quantitative estimate of drug-likeness (QED) is 0.832. The highest BCUT2D eigenvalue weighted by Gasteiger charge is 2.28. The third-order valence-corrected chi connectivity index (χ3v) is 3.47. The summed E-state index contributed by atoms with van der Waals surface area (Å²) < 4.78 is 10.2. The van der Waals surface area contributed by atoms with Crippen molar-refractivity contribution >= 4 is 22.7 Å². The fourth-order valence-corrected chi connectivity index (χ4v) is 2.45. The fourth-order valence-electron chi connectivity index (χ4n) is 2.45. The molecule has 20 heavy (non-hydrogen) atoms. The number of ether oxygens (including phenoxy) is 2. The molecule has 0 spiro atoms. The topological polar surface area (TPSA) is 80.3 Å². The van der Waals surface area contributed by atoms with Crippen LogP contribution in [0.2, 0.25) is 0 Å². The molecule has 1 fully saturated rings. The van der Waals surface area contributed by atoms with E-state index in [0.29, 0.717) is 19.8 Å². The molecule has 0 saturated carbocycles. The number of carbonyl (C=O) groups is 1. The van der Waals surface area contributed by atoms with Gasteiger partial charge >= 0.3 is 5.97 Å². The number of H-pyrrole nitrogens is 1. The van der Waals surface area contributed by atoms with Crippen molar-refractivity contribution in [3.8, 4) is 0 Å². The molecule has 106 valence electrons. The van der Waals surface area contributed by atoms with Crippen LogP contribution in [-0.2, 0) is 14.3 Å². The largest absolute Gasteiger partial charge is 0.469 e. The summed E-state index contributed by atoms with van der Waals surface area (Å²) in [5, 5.41) is 8.31. The second kappa shape index (κ2) is 5.46. The number of fused-ring (bicyclic) bond motifs is 1. The molecule has 2 aromatic rings. The second-order valence-electron chi connectivity index (χ2n) is 4.67. The summed E-state index contributed by atoms with van der Waals surface area (Å²) in [6, 6.07) is 1.86. The van der Waals surface area contributed by atoms with E-state index < -0.39 is 0 Å². The summed E-state index contributed by atoms with van der Waals surface area (Å²) in [5.74, 6) is 0.589. The van der Waals surface area contributed by atoms with Gasteiger partial charge in [0.05, 0.1) is 44.5 Å². The Morgan fingerprint density at radius 1 is 1.65 bits per heavy atom. The lowest BCUT2D eigenvalue weighted by Crippen LogP contribution is -2.47. The van der Waals surface area contributed by atoms with Crippen LogP contribution < -0.4 is 4.90 Å². The van der Waals surface area contributed by atoms with E-state index in [0.717, 1.165) is 16.7 Å². The van der Waals surface area contributed by atoms with Crippen LogP contribution >= 0.6 is 0 Å². The first kappa shape index (κ1) is 12.9. The number of carbonyl (C=O) groups excluding carboxylic acids is 1. The number of hydrogen-bond acceptors (Lipinski definition) is 6. The molecule has 1 atom stereocenters. The minimum atomic E-state index is -0.244. The van der Waals surface area contributed by atoms with E-state index >= 15 is 0 Å². The lowest BCUT2D eigenvalue weighted by Gasteiger charge is -2.35. The molecule has 1 aliphatic heterocycles. The molecule has 1 N–H and O–H groups in total. The lowest BCUT2D eigenvalue weighted by atomic mass is 10.1. The smallest absolute Gasteiger partial charge is 0.307 e. The van der Waals surface area contributed by atoms with Crippen molar-refractivity contribution in [3.05, 3.63) is 18.5 Å². The Hall–Kier alpha value is -2.15. The molecule has 0 aromatic carbocycles. The van der Waals surface area contributed by atoms with E-state index in [-0.39, 0.29) is 18.4 Å². The molecule has 1 aliphatic rings. The van der Waals surface area contributed by atoms with Crippen LogP contribution in [0.1, 0.15) is 6.42 Å². The molecule has 1 saturated heterocycles. The third-order valence-electron chi connectivity index (χ3n) is 3.47. The summed E-state index contributed by atoms with van der Waals surface area (Å²) in [7, 11) is 1.39. The number of aromatic nitrogens is 3. The molecule has 0 aliphatic carbocycles. The highest BCUT2D eigenvalue weighted by molar-refractivity contribution is 5.89. The first-order chi connectivity index (χ1) is 9.79. The van der Waals surface area contributed by atoms with Crippen LogP contribution in [0.4, 0.5) is 5.82 Å². The number of methoxy groups -OCH3 is 1. The Kier molecular flexibility index (Phi) is 3.51.